The van der Waals surface area contributed by atoms with Crippen LogP contribution in [0.4, 0.5) is 4.79 Å². The van der Waals surface area contributed by atoms with Gasteiger partial charge in [-0.1, -0.05) is 32.4 Å². The van der Waals surface area contributed by atoms with Crippen LogP contribution in [0, 0.1) is 12.3 Å². The van der Waals surface area contributed by atoms with Gasteiger partial charge in [0.25, 0.3) is 5.91 Å². The van der Waals surface area contributed by atoms with E-state index in [1.165, 1.54) is 6.20 Å². The van der Waals surface area contributed by atoms with Gasteiger partial charge in [0.2, 0.25) is 0 Å². The molecule has 1 heterocycles. The zero-order chi connectivity index (χ0) is 16.2. The predicted octanol–water partition coefficient (Wildman–Crippen LogP) is 2.28. The summed E-state index contributed by atoms with van der Waals surface area (Å²) in [5.74, 6) is -0.372. The second-order valence-corrected chi connectivity index (χ2v) is 6.20. The summed E-state index contributed by atoms with van der Waals surface area (Å²) in [6.07, 6.45) is 0.589. The number of ether oxygens (including phenoxy) is 1. The molecule has 0 aliphatic carbocycles. The molecule has 6 nitrogen and oxygen atoms in total. The van der Waals surface area contributed by atoms with Crippen molar-refractivity contribution in [2.75, 3.05) is 6.61 Å². The molecule has 2 amide bonds. The fraction of sp³-hybridized carbons (Fsp3) is 0.500. The average Bonchev–Trinajstić information content (AvgIpc) is 2.35. The molecule has 1 rings (SSSR count). The number of nitrogens with two attached hydrogens (primary N) is 1. The molecule has 0 aliphatic rings. The smallest absolute Gasteiger partial charge is 0.404 e. The third-order valence-corrected chi connectivity index (χ3v) is 3.51. The Kier molecular flexibility index (Phi) is 5.54. The highest BCUT2D eigenvalue weighted by Gasteiger charge is 2.28. The van der Waals surface area contributed by atoms with E-state index >= 15 is 0 Å². The second kappa shape index (κ2) is 6.76. The van der Waals surface area contributed by atoms with Crippen LogP contribution in [0.15, 0.2) is 12.3 Å². The molecule has 0 spiro atoms. The summed E-state index contributed by atoms with van der Waals surface area (Å²) in [5, 5.41) is 3.27. The number of pyridine rings is 1. The molecule has 21 heavy (non-hydrogen) atoms. The maximum atomic E-state index is 12.3. The monoisotopic (exact) mass is 313 g/mol. The lowest BCUT2D eigenvalue weighted by atomic mass is 9.87. The van der Waals surface area contributed by atoms with Crippen molar-refractivity contribution in [1.82, 2.24) is 10.3 Å². The van der Waals surface area contributed by atoms with Crippen LogP contribution in [-0.4, -0.2) is 29.6 Å². The Morgan fingerprint density at radius 2 is 2.10 bits per heavy atom. The zero-order valence-corrected chi connectivity index (χ0v) is 13.3. The summed E-state index contributed by atoms with van der Waals surface area (Å²) in [6, 6.07) is 1.21. The Bertz CT molecular complexity index is 541. The van der Waals surface area contributed by atoms with Gasteiger partial charge >= 0.3 is 6.09 Å². The summed E-state index contributed by atoms with van der Waals surface area (Å²) in [5.41, 5.74) is 5.49. The van der Waals surface area contributed by atoms with E-state index in [4.69, 9.17) is 22.1 Å². The van der Waals surface area contributed by atoms with Crippen LogP contribution in [0.2, 0.25) is 5.02 Å². The SMILES string of the molecule is Cc1c(Cl)ccnc1C(=O)NC(COC(N)=O)C(C)(C)C. The van der Waals surface area contributed by atoms with Crippen LogP contribution in [-0.2, 0) is 4.74 Å². The molecule has 1 aromatic heterocycles. The highest BCUT2D eigenvalue weighted by molar-refractivity contribution is 6.31. The number of carbonyl (C=O) groups is 2. The van der Waals surface area contributed by atoms with E-state index in [-0.39, 0.29) is 23.6 Å². The first kappa shape index (κ1) is 17.2. The molecule has 0 bridgehead atoms. The van der Waals surface area contributed by atoms with E-state index < -0.39 is 12.1 Å². The van der Waals surface area contributed by atoms with Gasteiger partial charge in [-0.15, -0.1) is 0 Å². The first-order valence-corrected chi connectivity index (χ1v) is 6.85. The van der Waals surface area contributed by atoms with E-state index in [9.17, 15) is 9.59 Å². The van der Waals surface area contributed by atoms with E-state index in [0.29, 0.717) is 10.6 Å². The average molecular weight is 314 g/mol. The van der Waals surface area contributed by atoms with Crippen LogP contribution in [0.3, 0.4) is 0 Å². The third kappa shape index (κ3) is 4.90. The van der Waals surface area contributed by atoms with Gasteiger partial charge in [0, 0.05) is 11.2 Å². The number of nitrogens with one attached hydrogen (secondary N) is 1. The minimum atomic E-state index is -0.879. The number of nitrogens with zero attached hydrogens (tertiary/aromatic N) is 1. The predicted molar refractivity (Wildman–Crippen MR) is 80.2 cm³/mol. The molecule has 0 fully saturated rings. The van der Waals surface area contributed by atoms with Crippen LogP contribution < -0.4 is 11.1 Å². The largest absolute Gasteiger partial charge is 0.448 e. The first-order valence-electron chi connectivity index (χ1n) is 6.47. The molecular weight excluding hydrogens is 294 g/mol. The number of rotatable bonds is 4. The highest BCUT2D eigenvalue weighted by atomic mass is 35.5. The van der Waals surface area contributed by atoms with Crippen molar-refractivity contribution in [2.24, 2.45) is 11.1 Å². The Labute approximate surface area is 129 Å². The van der Waals surface area contributed by atoms with Crippen molar-refractivity contribution in [1.29, 1.82) is 0 Å². The third-order valence-electron chi connectivity index (χ3n) is 3.10. The number of primary amides is 1. The Morgan fingerprint density at radius 1 is 1.48 bits per heavy atom. The maximum Gasteiger partial charge on any atom is 0.404 e. The number of amides is 2. The molecule has 0 saturated heterocycles. The van der Waals surface area contributed by atoms with Gasteiger partial charge in [0.15, 0.2) is 0 Å². The van der Waals surface area contributed by atoms with E-state index in [1.54, 1.807) is 13.0 Å². The standard InChI is InChI=1S/C14H20ClN3O3/c1-8-9(15)5-6-17-11(8)12(19)18-10(14(2,3)4)7-21-13(16)20/h5-6,10H,7H2,1-4H3,(H2,16,20)(H,18,19). The molecule has 0 aliphatic heterocycles. The molecule has 1 aromatic rings. The lowest BCUT2D eigenvalue weighted by Crippen LogP contribution is -2.47. The molecule has 1 atom stereocenters. The van der Waals surface area contributed by atoms with Gasteiger partial charge in [0.1, 0.15) is 12.3 Å². The molecular formula is C14H20ClN3O3. The summed E-state index contributed by atoms with van der Waals surface area (Å²) < 4.78 is 4.80. The van der Waals surface area contributed by atoms with Crippen LogP contribution in [0.25, 0.3) is 0 Å². The zero-order valence-electron chi connectivity index (χ0n) is 12.6. The minimum Gasteiger partial charge on any atom is -0.448 e. The molecule has 116 valence electrons. The van der Waals surface area contributed by atoms with E-state index in [0.717, 1.165) is 0 Å². The van der Waals surface area contributed by atoms with Crippen molar-refractivity contribution < 1.29 is 14.3 Å². The lowest BCUT2D eigenvalue weighted by molar-refractivity contribution is 0.0799. The highest BCUT2D eigenvalue weighted by Crippen LogP contribution is 2.21. The fourth-order valence-corrected chi connectivity index (χ4v) is 1.79. The topological polar surface area (TPSA) is 94.3 Å². The number of carbonyl (C=O) groups excluding carboxylic acids is 2. The van der Waals surface area contributed by atoms with Gasteiger partial charge in [0.05, 0.1) is 6.04 Å². The summed E-state index contributed by atoms with van der Waals surface area (Å²) >= 11 is 5.98. The van der Waals surface area contributed by atoms with Gasteiger partial charge < -0.3 is 15.8 Å². The molecule has 0 aromatic carbocycles. The summed E-state index contributed by atoms with van der Waals surface area (Å²) in [7, 11) is 0. The minimum absolute atomic E-state index is 0.00974. The lowest BCUT2D eigenvalue weighted by Gasteiger charge is -2.30. The summed E-state index contributed by atoms with van der Waals surface area (Å²) in [6.45, 7) is 7.46. The number of hydrogen-bond donors (Lipinski definition) is 2. The van der Waals surface area contributed by atoms with Crippen LogP contribution >= 0.6 is 11.6 Å². The second-order valence-electron chi connectivity index (χ2n) is 5.79. The van der Waals surface area contributed by atoms with Gasteiger partial charge in [-0.3, -0.25) is 9.78 Å². The molecule has 7 heteroatoms. The molecule has 1 unspecified atom stereocenters. The van der Waals surface area contributed by atoms with Crippen LogP contribution in [0.5, 0.6) is 0 Å². The number of aromatic nitrogens is 1. The normalized spacial score (nSPS) is 12.6. The molecule has 0 radical (unpaired) electrons. The fourth-order valence-electron chi connectivity index (χ4n) is 1.64. The maximum absolute atomic E-state index is 12.3. The van der Waals surface area contributed by atoms with Gasteiger partial charge in [-0.05, 0) is 24.0 Å². The van der Waals surface area contributed by atoms with Crippen molar-refractivity contribution in [2.45, 2.75) is 33.7 Å². The van der Waals surface area contributed by atoms with Crippen molar-refractivity contribution in [3.8, 4) is 0 Å². The van der Waals surface area contributed by atoms with Crippen molar-refractivity contribution in [3.63, 3.8) is 0 Å². The van der Waals surface area contributed by atoms with Crippen molar-refractivity contribution in [3.05, 3.63) is 28.5 Å². The number of hydrogen-bond acceptors (Lipinski definition) is 4. The molecule has 3 N–H and O–H groups in total. The van der Waals surface area contributed by atoms with Crippen molar-refractivity contribution >= 4 is 23.6 Å². The first-order chi connectivity index (χ1) is 9.62. The Morgan fingerprint density at radius 3 is 2.62 bits per heavy atom. The quantitative estimate of drug-likeness (QED) is 0.891. The number of halogens is 1. The van der Waals surface area contributed by atoms with E-state index in [2.05, 4.69) is 10.3 Å². The van der Waals surface area contributed by atoms with Crippen LogP contribution in [0.1, 0.15) is 36.8 Å². The Hall–Kier alpha value is -1.82. The van der Waals surface area contributed by atoms with Gasteiger partial charge in [-0.2, -0.15) is 0 Å². The summed E-state index contributed by atoms with van der Waals surface area (Å²) in [4.78, 5) is 27.1. The molecule has 0 saturated carbocycles. The van der Waals surface area contributed by atoms with E-state index in [1.807, 2.05) is 20.8 Å². The Balaban J connectivity index is 2.90. The van der Waals surface area contributed by atoms with Gasteiger partial charge in [-0.25, -0.2) is 4.79 Å².